The summed E-state index contributed by atoms with van der Waals surface area (Å²) in [6, 6.07) is 10.6. The number of alkyl halides is 3. The van der Waals surface area contributed by atoms with Gasteiger partial charge in [0.05, 0.1) is 11.8 Å². The monoisotopic (exact) mass is 434 g/mol. The number of aromatic nitrogens is 3. The number of carbonyl (C=O) groups is 1. The number of benzene rings is 2. The van der Waals surface area contributed by atoms with Crippen molar-refractivity contribution in [1.82, 2.24) is 15.0 Å². The molecule has 1 aliphatic rings. The van der Waals surface area contributed by atoms with E-state index < -0.39 is 29.3 Å². The molecule has 1 amide bonds. The quantitative estimate of drug-likeness (QED) is 0.574. The Labute approximate surface area is 174 Å². The number of halogens is 4. The van der Waals surface area contributed by atoms with Crippen LogP contribution in [0.3, 0.4) is 0 Å². The summed E-state index contributed by atoms with van der Waals surface area (Å²) in [4.78, 5) is 12.5. The summed E-state index contributed by atoms with van der Waals surface area (Å²) in [5.74, 6) is -1.05. The maximum Gasteiger partial charge on any atom is 0.435 e. The molecule has 0 aliphatic heterocycles. The van der Waals surface area contributed by atoms with Gasteiger partial charge in [-0.15, -0.1) is 5.10 Å². The highest BCUT2D eigenvalue weighted by molar-refractivity contribution is 6.03. The van der Waals surface area contributed by atoms with Gasteiger partial charge < -0.3 is 10.1 Å². The second-order valence-electron chi connectivity index (χ2n) is 7.18. The van der Waals surface area contributed by atoms with E-state index in [1.54, 1.807) is 24.3 Å². The highest BCUT2D eigenvalue weighted by Gasteiger charge is 2.42. The van der Waals surface area contributed by atoms with Crippen LogP contribution in [0.5, 0.6) is 5.75 Å². The third-order valence-electron chi connectivity index (χ3n) is 4.94. The van der Waals surface area contributed by atoms with Crippen molar-refractivity contribution in [2.75, 3.05) is 5.32 Å². The molecule has 6 nitrogen and oxygen atoms in total. The van der Waals surface area contributed by atoms with Gasteiger partial charge in [-0.3, -0.25) is 4.79 Å². The van der Waals surface area contributed by atoms with Crippen molar-refractivity contribution in [2.45, 2.75) is 38.0 Å². The Morgan fingerprint density at radius 1 is 1.03 bits per heavy atom. The van der Waals surface area contributed by atoms with Crippen molar-refractivity contribution >= 4 is 11.6 Å². The predicted octanol–water partition coefficient (Wildman–Crippen LogP) is 5.00. The van der Waals surface area contributed by atoms with Crippen LogP contribution in [0.1, 0.15) is 41.9 Å². The third-order valence-corrected chi connectivity index (χ3v) is 4.94. The van der Waals surface area contributed by atoms with E-state index in [-0.39, 0.29) is 17.5 Å². The SMILES string of the molecule is O=C(Nc1ccc(OC2CCCC2)cc1)c1nnn(-c2ccc(F)cc2)c1C(F)(F)F. The van der Waals surface area contributed by atoms with Gasteiger partial charge in [-0.05, 0) is 74.2 Å². The normalized spacial score (nSPS) is 14.6. The van der Waals surface area contributed by atoms with Crippen molar-refractivity contribution in [1.29, 1.82) is 0 Å². The van der Waals surface area contributed by atoms with Crippen LogP contribution in [0.25, 0.3) is 5.69 Å². The molecule has 1 aliphatic carbocycles. The fourth-order valence-corrected chi connectivity index (χ4v) is 3.46. The van der Waals surface area contributed by atoms with Crippen LogP contribution in [0, 0.1) is 5.82 Å². The molecule has 4 rings (SSSR count). The fraction of sp³-hybridized carbons (Fsp3) is 0.286. The van der Waals surface area contributed by atoms with E-state index in [1.165, 1.54) is 0 Å². The van der Waals surface area contributed by atoms with Crippen molar-refractivity contribution in [2.24, 2.45) is 0 Å². The number of nitrogens with one attached hydrogen (secondary N) is 1. The molecule has 0 spiro atoms. The van der Waals surface area contributed by atoms with Crippen LogP contribution in [-0.2, 0) is 6.18 Å². The first-order valence-electron chi connectivity index (χ1n) is 9.68. The van der Waals surface area contributed by atoms with Crippen LogP contribution in [0.4, 0.5) is 23.2 Å². The van der Waals surface area contributed by atoms with Gasteiger partial charge in [-0.2, -0.15) is 13.2 Å². The van der Waals surface area contributed by atoms with E-state index in [0.29, 0.717) is 10.4 Å². The lowest BCUT2D eigenvalue weighted by atomic mass is 10.2. The molecule has 31 heavy (non-hydrogen) atoms. The van der Waals surface area contributed by atoms with Gasteiger partial charge >= 0.3 is 6.18 Å². The molecule has 1 aromatic heterocycles. The number of ether oxygens (including phenoxy) is 1. The van der Waals surface area contributed by atoms with Crippen molar-refractivity contribution < 1.29 is 27.1 Å². The van der Waals surface area contributed by atoms with Gasteiger partial charge in [0.1, 0.15) is 11.6 Å². The Morgan fingerprint density at radius 3 is 2.29 bits per heavy atom. The number of nitrogens with zero attached hydrogens (tertiary/aromatic N) is 3. The molecule has 0 atom stereocenters. The maximum absolute atomic E-state index is 13.7. The van der Waals surface area contributed by atoms with Gasteiger partial charge in [0, 0.05) is 5.69 Å². The lowest BCUT2D eigenvalue weighted by Gasteiger charge is -2.13. The first-order chi connectivity index (χ1) is 14.8. The molecule has 2 aromatic carbocycles. The first-order valence-corrected chi connectivity index (χ1v) is 9.68. The van der Waals surface area contributed by atoms with Gasteiger partial charge in [-0.1, -0.05) is 5.21 Å². The van der Waals surface area contributed by atoms with Crippen LogP contribution in [0.2, 0.25) is 0 Å². The zero-order chi connectivity index (χ0) is 22.0. The molecular weight excluding hydrogens is 416 g/mol. The van der Waals surface area contributed by atoms with Crippen LogP contribution in [-0.4, -0.2) is 27.0 Å². The molecular formula is C21H18F4N4O2. The highest BCUT2D eigenvalue weighted by Crippen LogP contribution is 2.33. The number of carbonyl (C=O) groups excluding carboxylic acids is 1. The fourth-order valence-electron chi connectivity index (χ4n) is 3.46. The lowest BCUT2D eigenvalue weighted by Crippen LogP contribution is -2.21. The standard InChI is InChI=1S/C21H18F4N4O2/c22-13-5-9-15(10-6-13)29-19(21(23,24)25)18(27-28-29)20(30)26-14-7-11-17(12-8-14)31-16-3-1-2-4-16/h5-12,16H,1-4H2,(H,26,30). The molecule has 1 N–H and O–H groups in total. The number of hydrogen-bond acceptors (Lipinski definition) is 4. The van der Waals surface area contributed by atoms with Gasteiger partial charge in [-0.25, -0.2) is 9.07 Å². The summed E-state index contributed by atoms with van der Waals surface area (Å²) in [5, 5.41) is 9.28. The van der Waals surface area contributed by atoms with E-state index >= 15 is 0 Å². The number of amides is 1. The average molecular weight is 434 g/mol. The third kappa shape index (κ3) is 4.68. The smallest absolute Gasteiger partial charge is 0.435 e. The summed E-state index contributed by atoms with van der Waals surface area (Å²) < 4.78 is 60.5. The van der Waals surface area contributed by atoms with E-state index in [2.05, 4.69) is 15.6 Å². The Balaban J connectivity index is 1.54. The maximum atomic E-state index is 13.7. The van der Waals surface area contributed by atoms with E-state index in [4.69, 9.17) is 4.74 Å². The van der Waals surface area contributed by atoms with Crippen molar-refractivity contribution in [3.05, 3.63) is 65.7 Å². The van der Waals surface area contributed by atoms with Crippen LogP contribution >= 0.6 is 0 Å². The van der Waals surface area contributed by atoms with Gasteiger partial charge in [0.25, 0.3) is 5.91 Å². The summed E-state index contributed by atoms with van der Waals surface area (Å²) in [6.45, 7) is 0. The Hall–Kier alpha value is -3.43. The van der Waals surface area contributed by atoms with E-state index in [9.17, 15) is 22.4 Å². The zero-order valence-corrected chi connectivity index (χ0v) is 16.2. The molecule has 3 aromatic rings. The minimum atomic E-state index is -4.91. The zero-order valence-electron chi connectivity index (χ0n) is 16.2. The number of hydrogen-bond donors (Lipinski definition) is 1. The first kappa shape index (κ1) is 20.8. The Bertz CT molecular complexity index is 1060. The Kier molecular flexibility index (Phi) is 5.62. The molecule has 162 valence electrons. The molecule has 1 fully saturated rings. The van der Waals surface area contributed by atoms with E-state index in [1.807, 2.05) is 0 Å². The minimum Gasteiger partial charge on any atom is -0.490 e. The molecule has 1 saturated carbocycles. The molecule has 1 heterocycles. The second kappa shape index (κ2) is 8.37. The van der Waals surface area contributed by atoms with E-state index in [0.717, 1.165) is 49.9 Å². The Morgan fingerprint density at radius 2 is 1.68 bits per heavy atom. The highest BCUT2D eigenvalue weighted by atomic mass is 19.4. The van der Waals surface area contributed by atoms with Gasteiger partial charge in [0.2, 0.25) is 0 Å². The molecule has 0 unspecified atom stereocenters. The van der Waals surface area contributed by atoms with Crippen molar-refractivity contribution in [3.8, 4) is 11.4 Å². The van der Waals surface area contributed by atoms with Crippen LogP contribution < -0.4 is 10.1 Å². The number of anilines is 1. The molecule has 10 heteroatoms. The molecule has 0 saturated heterocycles. The van der Waals surface area contributed by atoms with Gasteiger partial charge in [0.15, 0.2) is 11.4 Å². The van der Waals surface area contributed by atoms with Crippen LogP contribution in [0.15, 0.2) is 48.5 Å². The summed E-state index contributed by atoms with van der Waals surface area (Å²) >= 11 is 0. The summed E-state index contributed by atoms with van der Waals surface area (Å²) in [6.07, 6.45) is -0.525. The lowest BCUT2D eigenvalue weighted by molar-refractivity contribution is -0.143. The summed E-state index contributed by atoms with van der Waals surface area (Å²) in [7, 11) is 0. The minimum absolute atomic E-state index is 0.0753. The second-order valence-corrected chi connectivity index (χ2v) is 7.18. The molecule has 0 radical (unpaired) electrons. The average Bonchev–Trinajstić information content (AvgIpc) is 3.40. The largest absolute Gasteiger partial charge is 0.490 e. The predicted molar refractivity (Wildman–Crippen MR) is 104 cm³/mol. The molecule has 0 bridgehead atoms. The summed E-state index contributed by atoms with van der Waals surface area (Å²) in [5.41, 5.74) is -2.03. The number of rotatable bonds is 5. The topological polar surface area (TPSA) is 69.0 Å². The van der Waals surface area contributed by atoms with Crippen molar-refractivity contribution in [3.63, 3.8) is 0 Å².